The predicted octanol–water partition coefficient (Wildman–Crippen LogP) is 3.86. The highest BCUT2D eigenvalue weighted by atomic mass is 32.1. The molecule has 0 aromatic heterocycles. The van der Waals surface area contributed by atoms with Gasteiger partial charge < -0.3 is 10.4 Å². The number of rotatable bonds is 4. The third-order valence-electron chi connectivity index (χ3n) is 2.56. The summed E-state index contributed by atoms with van der Waals surface area (Å²) in [7, 11) is 0. The van der Waals surface area contributed by atoms with E-state index in [1.807, 2.05) is 48.6 Å². The van der Waals surface area contributed by atoms with Crippen LogP contribution in [0.1, 0.15) is 11.1 Å². The van der Waals surface area contributed by atoms with Crippen LogP contribution in [0.5, 0.6) is 5.75 Å². The molecule has 3 heteroatoms. The number of phenolic OH excluding ortho intramolecular Hbond substituents is 1. The molecule has 0 amide bonds. The zero-order chi connectivity index (χ0) is 12.8. The number of anilines is 1. The maximum atomic E-state index is 9.19. The number of hydrogen-bond donors (Lipinski definition) is 3. The van der Waals surface area contributed by atoms with E-state index in [-0.39, 0.29) is 5.75 Å². The molecular weight excluding hydrogens is 242 g/mol. The normalized spacial score (nSPS) is 10.7. The van der Waals surface area contributed by atoms with Gasteiger partial charge in [-0.1, -0.05) is 36.4 Å². The Morgan fingerprint density at radius 2 is 1.39 bits per heavy atom. The van der Waals surface area contributed by atoms with E-state index in [0.717, 1.165) is 16.8 Å². The van der Waals surface area contributed by atoms with Crippen LogP contribution in [0, 0.1) is 0 Å². The van der Waals surface area contributed by atoms with Gasteiger partial charge in [-0.15, -0.1) is 0 Å². The fourth-order valence-corrected chi connectivity index (χ4v) is 1.76. The van der Waals surface area contributed by atoms with Crippen molar-refractivity contribution in [2.45, 2.75) is 0 Å². The molecule has 0 radical (unpaired) electrons. The lowest BCUT2D eigenvalue weighted by atomic mass is 10.1. The monoisotopic (exact) mass is 257 g/mol. The van der Waals surface area contributed by atoms with Crippen molar-refractivity contribution in [3.63, 3.8) is 0 Å². The fourth-order valence-electron chi connectivity index (χ4n) is 1.58. The van der Waals surface area contributed by atoms with E-state index in [1.54, 1.807) is 12.1 Å². The molecule has 2 N–H and O–H groups in total. The molecule has 2 aromatic carbocycles. The summed E-state index contributed by atoms with van der Waals surface area (Å²) in [4.78, 5) is 0. The van der Waals surface area contributed by atoms with Gasteiger partial charge in [0, 0.05) is 5.69 Å². The molecule has 0 bridgehead atoms. The van der Waals surface area contributed by atoms with Crippen molar-refractivity contribution in [1.29, 1.82) is 0 Å². The summed E-state index contributed by atoms with van der Waals surface area (Å²) in [5, 5.41) is 12.3. The Morgan fingerprint density at radius 3 is 1.89 bits per heavy atom. The van der Waals surface area contributed by atoms with Crippen molar-refractivity contribution in [3.8, 4) is 5.75 Å². The fraction of sp³-hybridized carbons (Fsp3) is 0.0667. The second-order valence-electron chi connectivity index (χ2n) is 3.88. The van der Waals surface area contributed by atoms with Gasteiger partial charge in [0.15, 0.2) is 0 Å². The van der Waals surface area contributed by atoms with E-state index in [9.17, 15) is 5.11 Å². The Labute approximate surface area is 112 Å². The molecule has 2 rings (SSSR count). The van der Waals surface area contributed by atoms with Crippen LogP contribution in [-0.2, 0) is 0 Å². The number of phenols is 1. The second-order valence-corrected chi connectivity index (χ2v) is 4.20. The number of nitrogens with one attached hydrogen (secondary N) is 1. The molecule has 0 aliphatic carbocycles. The maximum Gasteiger partial charge on any atom is 0.115 e. The van der Waals surface area contributed by atoms with E-state index in [0.29, 0.717) is 5.88 Å². The molecule has 0 fully saturated rings. The quantitative estimate of drug-likeness (QED) is 0.441. The van der Waals surface area contributed by atoms with Crippen LogP contribution in [0.2, 0.25) is 0 Å². The lowest BCUT2D eigenvalue weighted by Crippen LogP contribution is -1.93. The van der Waals surface area contributed by atoms with Gasteiger partial charge in [0.05, 0.1) is 5.88 Å². The molecule has 2 nitrogen and oxygen atoms in total. The lowest BCUT2D eigenvalue weighted by Gasteiger charge is -2.02. The van der Waals surface area contributed by atoms with Crippen molar-refractivity contribution in [3.05, 3.63) is 59.7 Å². The van der Waals surface area contributed by atoms with Crippen LogP contribution in [0.25, 0.3) is 12.2 Å². The summed E-state index contributed by atoms with van der Waals surface area (Å²) in [6, 6.07) is 15.2. The Morgan fingerprint density at radius 1 is 0.889 bits per heavy atom. The van der Waals surface area contributed by atoms with Gasteiger partial charge >= 0.3 is 0 Å². The summed E-state index contributed by atoms with van der Waals surface area (Å²) in [5.74, 6) is 0.914. The van der Waals surface area contributed by atoms with Gasteiger partial charge in [0.25, 0.3) is 0 Å². The number of benzene rings is 2. The summed E-state index contributed by atoms with van der Waals surface area (Å²) < 4.78 is 0. The van der Waals surface area contributed by atoms with Crippen LogP contribution in [-0.4, -0.2) is 11.0 Å². The Kier molecular flexibility index (Phi) is 4.31. The molecule has 0 saturated heterocycles. The minimum atomic E-state index is 0.286. The molecule has 0 aliphatic heterocycles. The van der Waals surface area contributed by atoms with Gasteiger partial charge in [-0.2, -0.15) is 12.6 Å². The molecule has 18 heavy (non-hydrogen) atoms. The number of aromatic hydroxyl groups is 1. The van der Waals surface area contributed by atoms with E-state index in [1.165, 1.54) is 0 Å². The van der Waals surface area contributed by atoms with Crippen LogP contribution in [0.4, 0.5) is 5.69 Å². The minimum Gasteiger partial charge on any atom is -0.508 e. The molecule has 0 unspecified atom stereocenters. The molecule has 2 aromatic rings. The van der Waals surface area contributed by atoms with Crippen molar-refractivity contribution in [2.24, 2.45) is 0 Å². The first-order valence-corrected chi connectivity index (χ1v) is 6.33. The number of thiol groups is 1. The molecule has 0 saturated carbocycles. The molecule has 0 aliphatic rings. The summed E-state index contributed by atoms with van der Waals surface area (Å²) in [6.07, 6.45) is 4.05. The first-order valence-electron chi connectivity index (χ1n) is 5.70. The van der Waals surface area contributed by atoms with Crippen LogP contribution in [0.3, 0.4) is 0 Å². The molecule has 0 heterocycles. The molecular formula is C15H15NOS. The Balaban J connectivity index is 2.06. The van der Waals surface area contributed by atoms with Crippen LogP contribution >= 0.6 is 12.6 Å². The van der Waals surface area contributed by atoms with Gasteiger partial charge in [-0.3, -0.25) is 0 Å². The standard InChI is InChI=1S/C15H15NOS/c17-15-9-5-13(6-10-15)2-1-12-3-7-14(8-4-12)16-11-18/h1-10,16-18H,11H2/b2-1+. The van der Waals surface area contributed by atoms with Gasteiger partial charge in [-0.25, -0.2) is 0 Å². The van der Waals surface area contributed by atoms with Crippen LogP contribution in [0.15, 0.2) is 48.5 Å². The van der Waals surface area contributed by atoms with Crippen LogP contribution < -0.4 is 5.32 Å². The highest BCUT2D eigenvalue weighted by Gasteiger charge is 1.91. The van der Waals surface area contributed by atoms with E-state index in [4.69, 9.17) is 0 Å². The van der Waals surface area contributed by atoms with E-state index in [2.05, 4.69) is 17.9 Å². The highest BCUT2D eigenvalue weighted by Crippen LogP contribution is 2.14. The topological polar surface area (TPSA) is 32.3 Å². The second kappa shape index (κ2) is 6.17. The zero-order valence-corrected chi connectivity index (χ0v) is 10.8. The maximum absolute atomic E-state index is 9.19. The Hall–Kier alpha value is -1.87. The van der Waals surface area contributed by atoms with Gasteiger partial charge in [-0.05, 0) is 35.4 Å². The van der Waals surface area contributed by atoms with Crippen molar-refractivity contribution in [1.82, 2.24) is 0 Å². The van der Waals surface area contributed by atoms with Gasteiger partial charge in [0.2, 0.25) is 0 Å². The lowest BCUT2D eigenvalue weighted by molar-refractivity contribution is 0.475. The smallest absolute Gasteiger partial charge is 0.115 e. The molecule has 0 atom stereocenters. The minimum absolute atomic E-state index is 0.286. The highest BCUT2D eigenvalue weighted by molar-refractivity contribution is 7.80. The average molecular weight is 257 g/mol. The third kappa shape index (κ3) is 3.57. The summed E-state index contributed by atoms with van der Waals surface area (Å²) in [6.45, 7) is 0. The predicted molar refractivity (Wildman–Crippen MR) is 81.0 cm³/mol. The largest absolute Gasteiger partial charge is 0.508 e. The third-order valence-corrected chi connectivity index (χ3v) is 2.71. The number of hydrogen-bond acceptors (Lipinski definition) is 3. The first kappa shape index (κ1) is 12.6. The first-order chi connectivity index (χ1) is 8.78. The Bertz CT molecular complexity index is 517. The molecule has 92 valence electrons. The van der Waals surface area contributed by atoms with Crippen molar-refractivity contribution < 1.29 is 5.11 Å². The molecule has 0 spiro atoms. The van der Waals surface area contributed by atoms with Gasteiger partial charge in [0.1, 0.15) is 5.75 Å². The zero-order valence-electron chi connectivity index (χ0n) is 9.88. The summed E-state index contributed by atoms with van der Waals surface area (Å²) >= 11 is 4.11. The van der Waals surface area contributed by atoms with Crippen molar-refractivity contribution >= 4 is 30.5 Å². The van der Waals surface area contributed by atoms with E-state index >= 15 is 0 Å². The SMILES string of the molecule is Oc1ccc(/C=C/c2ccc(NCS)cc2)cc1. The van der Waals surface area contributed by atoms with Crippen molar-refractivity contribution in [2.75, 3.05) is 11.2 Å². The van der Waals surface area contributed by atoms with E-state index < -0.39 is 0 Å². The summed E-state index contributed by atoms with van der Waals surface area (Å²) in [5.41, 5.74) is 3.25. The average Bonchev–Trinajstić information content (AvgIpc) is 2.40.